The third-order valence-corrected chi connectivity index (χ3v) is 2.33. The zero-order chi connectivity index (χ0) is 12.4. The van der Waals surface area contributed by atoms with E-state index in [1.165, 1.54) is 20.3 Å². The van der Waals surface area contributed by atoms with Crippen LogP contribution in [0.2, 0.25) is 0 Å². The second-order valence-corrected chi connectivity index (χ2v) is 3.35. The van der Waals surface area contributed by atoms with Gasteiger partial charge in [0.05, 0.1) is 19.8 Å². The molecular formula is C12H10O5. The molecule has 0 aliphatic carbocycles. The molecule has 1 heterocycles. The van der Waals surface area contributed by atoms with E-state index < -0.39 is 11.9 Å². The summed E-state index contributed by atoms with van der Waals surface area (Å²) in [5.74, 6) is -0.909. The zero-order valence-corrected chi connectivity index (χ0v) is 9.35. The van der Waals surface area contributed by atoms with Gasteiger partial charge in [-0.25, -0.2) is 9.59 Å². The van der Waals surface area contributed by atoms with Crippen molar-refractivity contribution in [2.45, 2.75) is 0 Å². The molecule has 17 heavy (non-hydrogen) atoms. The van der Waals surface area contributed by atoms with Crippen molar-refractivity contribution < 1.29 is 23.5 Å². The summed E-state index contributed by atoms with van der Waals surface area (Å²) in [5.41, 5.74) is 0.805. The maximum absolute atomic E-state index is 11.3. The van der Waals surface area contributed by atoms with Crippen molar-refractivity contribution in [1.82, 2.24) is 0 Å². The molecular weight excluding hydrogens is 224 g/mol. The number of carbonyl (C=O) groups is 2. The number of carbonyl (C=O) groups excluding carboxylic acids is 2. The number of esters is 2. The van der Waals surface area contributed by atoms with E-state index in [0.717, 1.165) is 5.39 Å². The molecule has 0 radical (unpaired) electrons. The van der Waals surface area contributed by atoms with Crippen LogP contribution in [-0.2, 0) is 9.47 Å². The van der Waals surface area contributed by atoms with Crippen LogP contribution in [0.3, 0.4) is 0 Å². The minimum atomic E-state index is -0.555. The Labute approximate surface area is 96.9 Å². The van der Waals surface area contributed by atoms with Crippen molar-refractivity contribution in [1.29, 1.82) is 0 Å². The Morgan fingerprint density at radius 3 is 2.41 bits per heavy atom. The zero-order valence-electron chi connectivity index (χ0n) is 9.35. The maximum Gasteiger partial charge on any atom is 0.373 e. The van der Waals surface area contributed by atoms with E-state index in [-0.39, 0.29) is 5.76 Å². The van der Waals surface area contributed by atoms with Gasteiger partial charge in [0, 0.05) is 5.39 Å². The molecule has 0 atom stereocenters. The Bertz CT molecular complexity index is 568. The van der Waals surface area contributed by atoms with Gasteiger partial charge in [-0.3, -0.25) is 0 Å². The van der Waals surface area contributed by atoms with Crippen LogP contribution in [0.4, 0.5) is 0 Å². The van der Waals surface area contributed by atoms with Gasteiger partial charge in [0.15, 0.2) is 0 Å². The molecule has 88 valence electrons. The number of fused-ring (bicyclic) bond motifs is 1. The first-order chi connectivity index (χ1) is 8.15. The lowest BCUT2D eigenvalue weighted by Gasteiger charge is -1.97. The van der Waals surface area contributed by atoms with Gasteiger partial charge < -0.3 is 13.9 Å². The Balaban J connectivity index is 2.48. The lowest BCUT2D eigenvalue weighted by molar-refractivity contribution is 0.0566. The Morgan fingerprint density at radius 2 is 1.76 bits per heavy atom. The van der Waals surface area contributed by atoms with Crippen molar-refractivity contribution in [2.24, 2.45) is 0 Å². The van der Waals surface area contributed by atoms with E-state index in [9.17, 15) is 9.59 Å². The highest BCUT2D eigenvalue weighted by Crippen LogP contribution is 2.21. The Morgan fingerprint density at radius 1 is 1.06 bits per heavy atom. The molecule has 0 spiro atoms. The summed E-state index contributed by atoms with van der Waals surface area (Å²) in [6, 6.07) is 6.36. The molecule has 2 aromatic rings. The van der Waals surface area contributed by atoms with Crippen molar-refractivity contribution in [3.63, 3.8) is 0 Å². The molecule has 5 heteroatoms. The SMILES string of the molecule is COC(=O)c1ccc2cc(C(=O)OC)oc2c1. The van der Waals surface area contributed by atoms with Crippen LogP contribution >= 0.6 is 0 Å². The molecule has 0 unspecified atom stereocenters. The van der Waals surface area contributed by atoms with Gasteiger partial charge in [-0.15, -0.1) is 0 Å². The fraction of sp³-hybridized carbons (Fsp3) is 0.167. The van der Waals surface area contributed by atoms with Crippen molar-refractivity contribution in [3.8, 4) is 0 Å². The number of hydrogen-bond acceptors (Lipinski definition) is 5. The second-order valence-electron chi connectivity index (χ2n) is 3.35. The smallest absolute Gasteiger partial charge is 0.373 e. The molecule has 5 nitrogen and oxygen atoms in total. The van der Waals surface area contributed by atoms with Gasteiger partial charge in [-0.2, -0.15) is 0 Å². The topological polar surface area (TPSA) is 65.7 Å². The van der Waals surface area contributed by atoms with Crippen LogP contribution in [0, 0.1) is 0 Å². The van der Waals surface area contributed by atoms with Crippen LogP contribution in [0.25, 0.3) is 11.0 Å². The lowest BCUT2D eigenvalue weighted by atomic mass is 10.2. The van der Waals surface area contributed by atoms with Gasteiger partial charge in [0.25, 0.3) is 0 Å². The minimum Gasteiger partial charge on any atom is -0.465 e. The van der Waals surface area contributed by atoms with Crippen molar-refractivity contribution in [2.75, 3.05) is 14.2 Å². The molecule has 0 amide bonds. The predicted octanol–water partition coefficient (Wildman–Crippen LogP) is 2.01. The van der Waals surface area contributed by atoms with Gasteiger partial charge in [-0.05, 0) is 18.2 Å². The van der Waals surface area contributed by atoms with Crippen molar-refractivity contribution in [3.05, 3.63) is 35.6 Å². The molecule has 0 bridgehead atoms. The molecule has 0 saturated heterocycles. The highest BCUT2D eigenvalue weighted by atomic mass is 16.5. The molecule has 1 aromatic carbocycles. The van der Waals surface area contributed by atoms with E-state index in [2.05, 4.69) is 9.47 Å². The fourth-order valence-electron chi connectivity index (χ4n) is 1.48. The first-order valence-electron chi connectivity index (χ1n) is 4.86. The molecule has 2 rings (SSSR count). The van der Waals surface area contributed by atoms with Crippen LogP contribution < -0.4 is 0 Å². The third kappa shape index (κ3) is 1.99. The Hall–Kier alpha value is -2.30. The number of methoxy groups -OCH3 is 2. The average Bonchev–Trinajstić information content (AvgIpc) is 2.79. The molecule has 0 fully saturated rings. The van der Waals surface area contributed by atoms with Crippen LogP contribution in [0.15, 0.2) is 28.7 Å². The number of benzene rings is 1. The first-order valence-corrected chi connectivity index (χ1v) is 4.86. The number of rotatable bonds is 2. The lowest BCUT2D eigenvalue weighted by Crippen LogP contribution is -1.99. The number of furan rings is 1. The standard InChI is InChI=1S/C12H10O5/c1-15-11(13)8-4-3-7-5-10(12(14)16-2)17-9(7)6-8/h3-6H,1-2H3. The van der Waals surface area contributed by atoms with Gasteiger partial charge >= 0.3 is 11.9 Å². The van der Waals surface area contributed by atoms with E-state index >= 15 is 0 Å². The van der Waals surface area contributed by atoms with E-state index in [1.807, 2.05) is 0 Å². The molecule has 0 aliphatic heterocycles. The largest absolute Gasteiger partial charge is 0.465 e. The van der Waals surface area contributed by atoms with Crippen LogP contribution in [0.5, 0.6) is 0 Å². The molecule has 1 aromatic heterocycles. The van der Waals surface area contributed by atoms with Crippen LogP contribution in [-0.4, -0.2) is 26.2 Å². The van der Waals surface area contributed by atoms with Gasteiger partial charge in [0.2, 0.25) is 5.76 Å². The highest BCUT2D eigenvalue weighted by molar-refractivity contribution is 5.96. The summed E-state index contributed by atoms with van der Waals surface area (Å²) in [6.07, 6.45) is 0. The summed E-state index contributed by atoms with van der Waals surface area (Å²) in [4.78, 5) is 22.5. The highest BCUT2D eigenvalue weighted by Gasteiger charge is 2.14. The first kappa shape index (κ1) is 11.2. The third-order valence-electron chi connectivity index (χ3n) is 2.33. The monoisotopic (exact) mass is 234 g/mol. The van der Waals surface area contributed by atoms with Crippen molar-refractivity contribution >= 4 is 22.9 Å². The van der Waals surface area contributed by atoms with Gasteiger partial charge in [-0.1, -0.05) is 6.07 Å². The summed E-state index contributed by atoms with van der Waals surface area (Å²) >= 11 is 0. The second kappa shape index (κ2) is 4.29. The van der Waals surface area contributed by atoms with E-state index in [0.29, 0.717) is 11.1 Å². The van der Waals surface area contributed by atoms with E-state index in [4.69, 9.17) is 4.42 Å². The maximum atomic E-state index is 11.3. The quantitative estimate of drug-likeness (QED) is 0.743. The fourth-order valence-corrected chi connectivity index (χ4v) is 1.48. The van der Waals surface area contributed by atoms with Crippen LogP contribution in [0.1, 0.15) is 20.9 Å². The summed E-state index contributed by atoms with van der Waals surface area (Å²) < 4.78 is 14.4. The minimum absolute atomic E-state index is 0.101. The summed E-state index contributed by atoms with van der Waals surface area (Å²) in [7, 11) is 2.57. The molecule has 0 aliphatic rings. The summed E-state index contributed by atoms with van der Waals surface area (Å²) in [6.45, 7) is 0. The summed E-state index contributed by atoms with van der Waals surface area (Å²) in [5, 5.41) is 0.720. The Kier molecular flexibility index (Phi) is 2.82. The normalized spacial score (nSPS) is 10.2. The predicted molar refractivity (Wildman–Crippen MR) is 58.9 cm³/mol. The molecule has 0 N–H and O–H groups in total. The number of ether oxygens (including phenoxy) is 2. The number of hydrogen-bond donors (Lipinski definition) is 0. The molecule has 0 saturated carbocycles. The van der Waals surface area contributed by atoms with Gasteiger partial charge in [0.1, 0.15) is 5.58 Å². The van der Waals surface area contributed by atoms with E-state index in [1.54, 1.807) is 18.2 Å². The average molecular weight is 234 g/mol.